The van der Waals surface area contributed by atoms with Gasteiger partial charge in [0.2, 0.25) is 0 Å². The van der Waals surface area contributed by atoms with Crippen LogP contribution in [-0.4, -0.2) is 46.8 Å². The van der Waals surface area contributed by atoms with Crippen molar-refractivity contribution in [2.24, 2.45) is 0 Å². The number of fused-ring (bicyclic) bond motifs is 1. The molecule has 142 valence electrons. The number of carboxylic acid groups (broad SMARTS) is 1. The van der Waals surface area contributed by atoms with Crippen LogP contribution in [0.3, 0.4) is 0 Å². The number of ether oxygens (including phenoxy) is 2. The number of aromatic nitrogens is 1. The van der Waals surface area contributed by atoms with Crippen LogP contribution >= 0.6 is 0 Å². The summed E-state index contributed by atoms with van der Waals surface area (Å²) in [6.45, 7) is 4.17. The smallest absolute Gasteiger partial charge is 0.383 e. The number of aromatic amines is 1. The molecular weight excluding hydrogens is 340 g/mol. The Morgan fingerprint density at radius 2 is 2.15 bits per heavy atom. The molecule has 0 saturated heterocycles. The average Bonchev–Trinajstić information content (AvgIpc) is 3.04. The second-order valence-corrected chi connectivity index (χ2v) is 6.07. The Morgan fingerprint density at radius 3 is 2.69 bits per heavy atom. The zero-order chi connectivity index (χ0) is 19.3. The number of nitro groups is 1. The molecule has 2 N–H and O–H groups in total. The number of rotatable bonds is 10. The van der Waals surface area contributed by atoms with E-state index < -0.39 is 22.3 Å². The predicted octanol–water partition coefficient (Wildman–Crippen LogP) is 2.94. The normalized spacial score (nSPS) is 14.9. The zero-order valence-corrected chi connectivity index (χ0v) is 15.2. The van der Waals surface area contributed by atoms with Crippen molar-refractivity contribution in [2.75, 3.05) is 20.3 Å². The van der Waals surface area contributed by atoms with Crippen LogP contribution in [0.2, 0.25) is 0 Å². The van der Waals surface area contributed by atoms with Crippen molar-refractivity contribution < 1.29 is 24.3 Å². The topological polar surface area (TPSA) is 115 Å². The van der Waals surface area contributed by atoms with Crippen molar-refractivity contribution in [3.05, 3.63) is 45.6 Å². The van der Waals surface area contributed by atoms with Gasteiger partial charge in [0.15, 0.2) is 0 Å². The molecule has 2 unspecified atom stereocenters. The lowest BCUT2D eigenvalue weighted by atomic mass is 9.77. The second-order valence-electron chi connectivity index (χ2n) is 6.07. The summed E-state index contributed by atoms with van der Waals surface area (Å²) in [4.78, 5) is 26.2. The largest absolute Gasteiger partial charge is 0.476 e. The van der Waals surface area contributed by atoms with E-state index in [-0.39, 0.29) is 13.0 Å². The number of hydrogen-bond acceptors (Lipinski definition) is 5. The minimum Gasteiger partial charge on any atom is -0.476 e. The molecule has 0 fully saturated rings. The third-order valence-electron chi connectivity index (χ3n) is 4.80. The van der Waals surface area contributed by atoms with Crippen molar-refractivity contribution in [2.45, 2.75) is 38.3 Å². The van der Waals surface area contributed by atoms with E-state index in [1.165, 1.54) is 14.0 Å². The molecule has 1 aromatic carbocycles. The number of nitrogens with one attached hydrogen (secondary N) is 1. The van der Waals surface area contributed by atoms with E-state index in [9.17, 15) is 20.0 Å². The van der Waals surface area contributed by atoms with Gasteiger partial charge in [-0.15, -0.1) is 0 Å². The zero-order valence-electron chi connectivity index (χ0n) is 15.2. The maximum absolute atomic E-state index is 12.0. The molecule has 8 heteroatoms. The quantitative estimate of drug-likeness (QED) is 0.495. The number of hydrogen-bond donors (Lipinski definition) is 2. The van der Waals surface area contributed by atoms with Crippen LogP contribution in [0.1, 0.15) is 37.3 Å². The van der Waals surface area contributed by atoms with Gasteiger partial charge in [-0.1, -0.05) is 19.1 Å². The summed E-state index contributed by atoms with van der Waals surface area (Å²) in [6, 6.07) is 5.58. The Hall–Kier alpha value is -2.45. The molecule has 26 heavy (non-hydrogen) atoms. The van der Waals surface area contributed by atoms with E-state index in [1.807, 2.05) is 25.1 Å². The van der Waals surface area contributed by atoms with Gasteiger partial charge in [-0.25, -0.2) is 4.79 Å². The molecule has 2 aromatic rings. The van der Waals surface area contributed by atoms with Gasteiger partial charge in [0.05, 0.1) is 19.1 Å². The molecule has 0 aliphatic heterocycles. The Balaban J connectivity index is 2.71. The summed E-state index contributed by atoms with van der Waals surface area (Å²) in [7, 11) is 1.41. The fourth-order valence-electron chi connectivity index (χ4n) is 3.43. The third kappa shape index (κ3) is 3.30. The first kappa shape index (κ1) is 19.9. The minimum absolute atomic E-state index is 0.0863. The Labute approximate surface area is 151 Å². The number of benzene rings is 1. The van der Waals surface area contributed by atoms with Crippen molar-refractivity contribution >= 4 is 16.9 Å². The molecule has 2 atom stereocenters. The Morgan fingerprint density at radius 1 is 1.42 bits per heavy atom. The standard InChI is InChI=1S/C18H24N2O6/c1-4-18(17(21)22,20(23)24)14(11-25-3)13-9-19-15-8-6-7-12(16(13)15)10-26-5-2/h6-9,14,19H,4-5,10-11H2,1-3H3,(H,21,22). The summed E-state index contributed by atoms with van der Waals surface area (Å²) in [5.74, 6) is -2.43. The van der Waals surface area contributed by atoms with Crippen molar-refractivity contribution in [3.63, 3.8) is 0 Å². The molecule has 1 aromatic heterocycles. The summed E-state index contributed by atoms with van der Waals surface area (Å²) in [6.07, 6.45) is 1.48. The number of aliphatic carboxylic acids is 1. The van der Waals surface area contributed by atoms with Crippen LogP contribution in [0, 0.1) is 10.1 Å². The van der Waals surface area contributed by atoms with Crippen LogP contribution in [0.25, 0.3) is 10.9 Å². The minimum atomic E-state index is -2.18. The monoisotopic (exact) mass is 364 g/mol. The lowest BCUT2D eigenvalue weighted by Gasteiger charge is -2.28. The number of carbonyl (C=O) groups is 1. The molecular formula is C18H24N2O6. The molecule has 0 radical (unpaired) electrons. The maximum atomic E-state index is 12.0. The molecule has 1 heterocycles. The third-order valence-corrected chi connectivity index (χ3v) is 4.80. The molecule has 2 rings (SSSR count). The number of carboxylic acids is 1. The van der Waals surface area contributed by atoms with Crippen LogP contribution in [-0.2, 0) is 20.9 Å². The summed E-state index contributed by atoms with van der Waals surface area (Å²) in [5.41, 5.74) is -0.000254. The number of H-pyrrole nitrogens is 1. The van der Waals surface area contributed by atoms with Gasteiger partial charge >= 0.3 is 11.5 Å². The van der Waals surface area contributed by atoms with Gasteiger partial charge in [-0.3, -0.25) is 10.1 Å². The van der Waals surface area contributed by atoms with E-state index in [2.05, 4.69) is 4.98 Å². The molecule has 0 amide bonds. The first-order valence-corrected chi connectivity index (χ1v) is 8.47. The molecule has 0 aliphatic carbocycles. The predicted molar refractivity (Wildman–Crippen MR) is 95.9 cm³/mol. The highest BCUT2D eigenvalue weighted by Gasteiger charge is 2.57. The van der Waals surface area contributed by atoms with Gasteiger partial charge in [-0.2, -0.15) is 0 Å². The van der Waals surface area contributed by atoms with Gasteiger partial charge in [0.25, 0.3) is 0 Å². The fraction of sp³-hybridized carbons (Fsp3) is 0.500. The lowest BCUT2D eigenvalue weighted by Crippen LogP contribution is -2.52. The summed E-state index contributed by atoms with van der Waals surface area (Å²) in [5, 5.41) is 22.3. The van der Waals surface area contributed by atoms with Gasteiger partial charge in [-0.05, 0) is 24.1 Å². The summed E-state index contributed by atoms with van der Waals surface area (Å²) < 4.78 is 10.7. The number of nitrogens with zero attached hydrogens (tertiary/aromatic N) is 1. The van der Waals surface area contributed by atoms with Crippen LogP contribution in [0.4, 0.5) is 0 Å². The molecule has 0 bridgehead atoms. The Kier molecular flexibility index (Phi) is 6.33. The highest BCUT2D eigenvalue weighted by Crippen LogP contribution is 2.39. The molecule has 0 spiro atoms. The van der Waals surface area contributed by atoms with E-state index in [1.54, 1.807) is 6.20 Å². The first-order chi connectivity index (χ1) is 12.4. The van der Waals surface area contributed by atoms with Gasteiger partial charge in [0.1, 0.15) is 0 Å². The van der Waals surface area contributed by atoms with E-state index in [0.717, 1.165) is 16.5 Å². The first-order valence-electron chi connectivity index (χ1n) is 8.47. The summed E-state index contributed by atoms with van der Waals surface area (Å²) >= 11 is 0. The van der Waals surface area contributed by atoms with Crippen molar-refractivity contribution in [3.8, 4) is 0 Å². The SMILES string of the molecule is CCOCc1cccc2[nH]cc(C(COC)C(CC)(C(=O)O)[N+](=O)[O-])c12. The average molecular weight is 364 g/mol. The van der Waals surface area contributed by atoms with Crippen LogP contribution in [0.15, 0.2) is 24.4 Å². The van der Waals surface area contributed by atoms with Crippen molar-refractivity contribution in [1.29, 1.82) is 0 Å². The lowest BCUT2D eigenvalue weighted by molar-refractivity contribution is -0.561. The highest BCUT2D eigenvalue weighted by molar-refractivity contribution is 5.89. The molecule has 0 saturated carbocycles. The van der Waals surface area contributed by atoms with E-state index in [0.29, 0.717) is 18.8 Å². The van der Waals surface area contributed by atoms with E-state index in [4.69, 9.17) is 9.47 Å². The van der Waals surface area contributed by atoms with Crippen LogP contribution in [0.5, 0.6) is 0 Å². The number of methoxy groups -OCH3 is 1. The van der Waals surface area contributed by atoms with Crippen molar-refractivity contribution in [1.82, 2.24) is 4.98 Å². The second kappa shape index (κ2) is 8.29. The molecule has 0 aliphatic rings. The maximum Gasteiger partial charge on any atom is 0.383 e. The molecule has 8 nitrogen and oxygen atoms in total. The van der Waals surface area contributed by atoms with E-state index >= 15 is 0 Å². The Bertz CT molecular complexity index is 771. The van der Waals surface area contributed by atoms with Gasteiger partial charge in [0, 0.05) is 42.2 Å². The fourth-order valence-corrected chi connectivity index (χ4v) is 3.43. The van der Waals surface area contributed by atoms with Gasteiger partial charge < -0.3 is 19.6 Å². The highest BCUT2D eigenvalue weighted by atomic mass is 16.6. The van der Waals surface area contributed by atoms with Crippen LogP contribution < -0.4 is 0 Å².